The van der Waals surface area contributed by atoms with Crippen LogP contribution in [0.5, 0.6) is 0 Å². The Morgan fingerprint density at radius 2 is 2.05 bits per heavy atom. The monoisotopic (exact) mass is 297 g/mol. The van der Waals surface area contributed by atoms with Crippen molar-refractivity contribution in [3.63, 3.8) is 0 Å². The van der Waals surface area contributed by atoms with Crippen molar-refractivity contribution in [2.45, 2.75) is 37.1 Å². The molecule has 1 aliphatic carbocycles. The Morgan fingerprint density at radius 1 is 1.35 bits per heavy atom. The molecule has 2 unspecified atom stereocenters. The summed E-state index contributed by atoms with van der Waals surface area (Å²) >= 11 is 0. The van der Waals surface area contributed by atoms with E-state index in [1.54, 1.807) is 0 Å². The molecular formula is C13H19N3O3S. The highest BCUT2D eigenvalue weighted by Gasteiger charge is 2.27. The lowest BCUT2D eigenvalue weighted by Crippen LogP contribution is -2.33. The van der Waals surface area contributed by atoms with Crippen LogP contribution < -0.4 is 16.2 Å². The minimum Gasteiger partial charge on any atom is -0.398 e. The number of carbonyl (C=O) groups is 1. The van der Waals surface area contributed by atoms with Crippen LogP contribution in [0.3, 0.4) is 0 Å². The van der Waals surface area contributed by atoms with Crippen LogP contribution in [0, 0.1) is 5.92 Å². The molecule has 1 aromatic carbocycles. The number of hydrogen-bond donors (Lipinski definition) is 3. The predicted molar refractivity (Wildman–Crippen MR) is 76.5 cm³/mol. The highest BCUT2D eigenvalue weighted by Crippen LogP contribution is 2.27. The lowest BCUT2D eigenvalue weighted by atomic mass is 10.1. The number of rotatable bonds is 4. The van der Waals surface area contributed by atoms with E-state index >= 15 is 0 Å². The average Bonchev–Trinajstić information content (AvgIpc) is 2.73. The van der Waals surface area contributed by atoms with Crippen LogP contribution in [0.2, 0.25) is 0 Å². The zero-order valence-electron chi connectivity index (χ0n) is 11.3. The largest absolute Gasteiger partial charge is 0.398 e. The second-order valence-electron chi connectivity index (χ2n) is 5.35. The molecule has 1 amide bonds. The van der Waals surface area contributed by atoms with Gasteiger partial charge in [0.1, 0.15) is 4.90 Å². The van der Waals surface area contributed by atoms with Crippen molar-refractivity contribution in [1.29, 1.82) is 0 Å². The zero-order valence-corrected chi connectivity index (χ0v) is 12.1. The molecule has 1 aromatic rings. The van der Waals surface area contributed by atoms with Gasteiger partial charge >= 0.3 is 0 Å². The van der Waals surface area contributed by atoms with E-state index in [-0.39, 0.29) is 22.2 Å². The number of amides is 1. The average molecular weight is 297 g/mol. The van der Waals surface area contributed by atoms with Crippen LogP contribution in [-0.2, 0) is 10.0 Å². The lowest BCUT2D eigenvalue weighted by Gasteiger charge is -2.14. The summed E-state index contributed by atoms with van der Waals surface area (Å²) in [6, 6.07) is 3.92. The van der Waals surface area contributed by atoms with E-state index in [1.165, 1.54) is 18.2 Å². The van der Waals surface area contributed by atoms with Crippen LogP contribution in [0.4, 0.5) is 5.69 Å². The van der Waals surface area contributed by atoms with Gasteiger partial charge in [0.15, 0.2) is 0 Å². The third kappa shape index (κ3) is 3.10. The molecular weight excluding hydrogens is 278 g/mol. The number of hydrogen-bond acceptors (Lipinski definition) is 4. The standard InChI is InChI=1S/C13H19N3O3S/c1-8-2-4-10(6-8)16-20(18,19)12-5-3-9(13(15)17)7-11(12)14/h3,5,7-8,10,16H,2,4,6,14H2,1H3,(H2,15,17). The summed E-state index contributed by atoms with van der Waals surface area (Å²) in [5.41, 5.74) is 11.1. The summed E-state index contributed by atoms with van der Waals surface area (Å²) in [7, 11) is -3.67. The topological polar surface area (TPSA) is 115 Å². The molecule has 6 nitrogen and oxygen atoms in total. The van der Waals surface area contributed by atoms with E-state index in [4.69, 9.17) is 11.5 Å². The van der Waals surface area contributed by atoms with E-state index in [1.807, 2.05) is 0 Å². The van der Waals surface area contributed by atoms with Gasteiger partial charge < -0.3 is 11.5 Å². The summed E-state index contributed by atoms with van der Waals surface area (Å²) in [6.07, 6.45) is 2.68. The van der Waals surface area contributed by atoms with E-state index in [0.29, 0.717) is 5.92 Å². The second kappa shape index (κ2) is 5.41. The Bertz CT molecular complexity index is 628. The third-order valence-electron chi connectivity index (χ3n) is 3.60. The fraction of sp³-hybridized carbons (Fsp3) is 0.462. The summed E-state index contributed by atoms with van der Waals surface area (Å²) in [5, 5.41) is 0. The van der Waals surface area contributed by atoms with Crippen molar-refractivity contribution < 1.29 is 13.2 Å². The van der Waals surface area contributed by atoms with Gasteiger partial charge in [-0.15, -0.1) is 0 Å². The molecule has 2 atom stereocenters. The van der Waals surface area contributed by atoms with Crippen molar-refractivity contribution in [3.8, 4) is 0 Å². The number of nitrogens with one attached hydrogen (secondary N) is 1. The molecule has 20 heavy (non-hydrogen) atoms. The molecule has 0 radical (unpaired) electrons. The molecule has 5 N–H and O–H groups in total. The maximum Gasteiger partial charge on any atom is 0.248 e. The van der Waals surface area contributed by atoms with Crippen molar-refractivity contribution >= 4 is 21.6 Å². The number of nitrogen functional groups attached to an aromatic ring is 1. The smallest absolute Gasteiger partial charge is 0.248 e. The van der Waals surface area contributed by atoms with Crippen molar-refractivity contribution in [2.24, 2.45) is 11.7 Å². The van der Waals surface area contributed by atoms with Gasteiger partial charge in [-0.1, -0.05) is 6.92 Å². The maximum atomic E-state index is 12.3. The first-order valence-electron chi connectivity index (χ1n) is 6.51. The van der Waals surface area contributed by atoms with E-state index in [0.717, 1.165) is 19.3 Å². The van der Waals surface area contributed by atoms with Crippen molar-refractivity contribution in [3.05, 3.63) is 23.8 Å². The number of nitrogens with two attached hydrogens (primary N) is 2. The molecule has 7 heteroatoms. The Hall–Kier alpha value is -1.60. The molecule has 0 spiro atoms. The van der Waals surface area contributed by atoms with Crippen LogP contribution in [-0.4, -0.2) is 20.4 Å². The number of anilines is 1. The highest BCUT2D eigenvalue weighted by atomic mass is 32.2. The van der Waals surface area contributed by atoms with Crippen molar-refractivity contribution in [2.75, 3.05) is 5.73 Å². The quantitative estimate of drug-likeness (QED) is 0.714. The number of primary amides is 1. The molecule has 0 heterocycles. The summed E-state index contributed by atoms with van der Waals surface area (Å²) < 4.78 is 27.2. The van der Waals surface area contributed by atoms with Crippen LogP contribution in [0.1, 0.15) is 36.5 Å². The Labute approximate surface area is 118 Å². The van der Waals surface area contributed by atoms with E-state index in [2.05, 4.69) is 11.6 Å². The number of benzene rings is 1. The Kier molecular flexibility index (Phi) is 4.01. The van der Waals surface area contributed by atoms with Gasteiger partial charge in [0.25, 0.3) is 0 Å². The highest BCUT2D eigenvalue weighted by molar-refractivity contribution is 7.89. The van der Waals surface area contributed by atoms with Crippen LogP contribution in [0.25, 0.3) is 0 Å². The molecule has 2 rings (SSSR count). The minimum atomic E-state index is -3.67. The zero-order chi connectivity index (χ0) is 14.9. The normalized spacial score (nSPS) is 22.9. The maximum absolute atomic E-state index is 12.3. The Morgan fingerprint density at radius 3 is 2.55 bits per heavy atom. The van der Waals surface area contributed by atoms with Gasteiger partial charge in [0.05, 0.1) is 5.69 Å². The SMILES string of the molecule is CC1CCC(NS(=O)(=O)c2ccc(C(N)=O)cc2N)C1. The van der Waals surface area contributed by atoms with Gasteiger partial charge in [0.2, 0.25) is 15.9 Å². The molecule has 0 aliphatic heterocycles. The first-order valence-corrected chi connectivity index (χ1v) is 7.99. The number of sulfonamides is 1. The summed E-state index contributed by atoms with van der Waals surface area (Å²) in [5.74, 6) is -0.115. The Balaban J connectivity index is 2.23. The molecule has 0 aromatic heterocycles. The van der Waals surface area contributed by atoms with Gasteiger partial charge in [-0.25, -0.2) is 13.1 Å². The molecule has 110 valence electrons. The molecule has 1 aliphatic rings. The summed E-state index contributed by atoms with van der Waals surface area (Å²) in [6.45, 7) is 2.10. The van der Waals surface area contributed by atoms with Gasteiger partial charge in [0, 0.05) is 11.6 Å². The fourth-order valence-corrected chi connectivity index (χ4v) is 3.94. The molecule has 0 saturated heterocycles. The second-order valence-corrected chi connectivity index (χ2v) is 7.04. The minimum absolute atomic E-state index is 0.0120. The molecule has 0 bridgehead atoms. The molecule has 1 fully saturated rings. The molecule has 1 saturated carbocycles. The first kappa shape index (κ1) is 14.8. The summed E-state index contributed by atoms with van der Waals surface area (Å²) in [4.78, 5) is 11.0. The third-order valence-corrected chi connectivity index (χ3v) is 5.19. The number of carbonyl (C=O) groups excluding carboxylic acids is 1. The fourth-order valence-electron chi connectivity index (χ4n) is 2.54. The van der Waals surface area contributed by atoms with Crippen LogP contribution >= 0.6 is 0 Å². The van der Waals surface area contributed by atoms with Crippen LogP contribution in [0.15, 0.2) is 23.1 Å². The van der Waals surface area contributed by atoms with Gasteiger partial charge in [-0.05, 0) is 43.4 Å². The van der Waals surface area contributed by atoms with Crippen molar-refractivity contribution in [1.82, 2.24) is 4.72 Å². The first-order chi connectivity index (χ1) is 9.29. The van der Waals surface area contributed by atoms with E-state index in [9.17, 15) is 13.2 Å². The van der Waals surface area contributed by atoms with E-state index < -0.39 is 15.9 Å². The lowest BCUT2D eigenvalue weighted by molar-refractivity contribution is 0.1000. The van der Waals surface area contributed by atoms with Gasteiger partial charge in [-0.3, -0.25) is 4.79 Å². The van der Waals surface area contributed by atoms with Gasteiger partial charge in [-0.2, -0.15) is 0 Å². The predicted octanol–water partition coefficient (Wildman–Crippen LogP) is 0.835.